The first-order valence-electron chi connectivity index (χ1n) is 5.27. The van der Waals surface area contributed by atoms with Crippen molar-refractivity contribution in [2.75, 3.05) is 5.75 Å². The molecule has 0 aliphatic rings. The third kappa shape index (κ3) is 7.64. The number of carboxylic acids is 1. The Bertz CT molecular complexity index is 333. The van der Waals surface area contributed by atoms with Crippen molar-refractivity contribution in [2.45, 2.75) is 46.1 Å². The molecule has 0 atom stereocenters. The summed E-state index contributed by atoms with van der Waals surface area (Å²) in [7, 11) is -3.33. The van der Waals surface area contributed by atoms with E-state index in [-0.39, 0.29) is 24.5 Å². The van der Waals surface area contributed by atoms with Gasteiger partial charge in [-0.05, 0) is 26.2 Å². The van der Waals surface area contributed by atoms with Gasteiger partial charge in [-0.15, -0.1) is 0 Å². The fourth-order valence-electron chi connectivity index (χ4n) is 1.37. The highest BCUT2D eigenvalue weighted by Gasteiger charge is 2.25. The predicted octanol–water partition coefficient (Wildman–Crippen LogP) is 1.21. The van der Waals surface area contributed by atoms with Crippen LogP contribution in [0.3, 0.4) is 0 Å². The van der Waals surface area contributed by atoms with Crippen molar-refractivity contribution in [3.8, 4) is 0 Å². The highest BCUT2D eigenvalue weighted by molar-refractivity contribution is 7.89. The largest absolute Gasteiger partial charge is 0.481 e. The second kappa shape index (κ2) is 5.63. The van der Waals surface area contributed by atoms with Crippen LogP contribution in [0, 0.1) is 5.92 Å². The molecule has 0 rings (SSSR count). The van der Waals surface area contributed by atoms with Gasteiger partial charge >= 0.3 is 5.97 Å². The number of hydrogen-bond acceptors (Lipinski definition) is 3. The summed E-state index contributed by atoms with van der Waals surface area (Å²) in [6, 6.07) is 0. The number of nitrogens with one attached hydrogen (secondary N) is 1. The third-order valence-electron chi connectivity index (χ3n) is 1.95. The third-order valence-corrected chi connectivity index (χ3v) is 3.92. The molecule has 0 aromatic rings. The standard InChI is InChI=1S/C10H21NO4S/c1-8(2)7-16(14,15)11-10(3,4)6-5-9(12)13/h8,11H,5-7H2,1-4H3,(H,12,13). The zero-order valence-electron chi connectivity index (χ0n) is 10.3. The maximum atomic E-state index is 11.6. The molecule has 0 fully saturated rings. The van der Waals surface area contributed by atoms with E-state index in [1.165, 1.54) is 0 Å². The predicted molar refractivity (Wildman–Crippen MR) is 62.7 cm³/mol. The molecule has 0 aliphatic carbocycles. The molecule has 0 saturated carbocycles. The molecule has 0 bridgehead atoms. The maximum Gasteiger partial charge on any atom is 0.303 e. The molecule has 0 aromatic carbocycles. The van der Waals surface area contributed by atoms with E-state index < -0.39 is 21.5 Å². The lowest BCUT2D eigenvalue weighted by molar-refractivity contribution is -0.137. The molecule has 0 heterocycles. The molecule has 0 spiro atoms. The van der Waals surface area contributed by atoms with E-state index in [4.69, 9.17) is 5.11 Å². The van der Waals surface area contributed by atoms with Crippen molar-refractivity contribution in [1.29, 1.82) is 0 Å². The van der Waals surface area contributed by atoms with Crippen LogP contribution in [0.4, 0.5) is 0 Å². The number of carboxylic acid groups (broad SMARTS) is 1. The Morgan fingerprint density at radius 1 is 1.38 bits per heavy atom. The molecular formula is C10H21NO4S. The molecule has 0 amide bonds. The smallest absolute Gasteiger partial charge is 0.303 e. The molecule has 0 aromatic heterocycles. The van der Waals surface area contributed by atoms with E-state index in [0.29, 0.717) is 0 Å². The van der Waals surface area contributed by atoms with Gasteiger partial charge in [0.2, 0.25) is 10.0 Å². The van der Waals surface area contributed by atoms with E-state index in [2.05, 4.69) is 4.72 Å². The van der Waals surface area contributed by atoms with Gasteiger partial charge in [0.1, 0.15) is 0 Å². The van der Waals surface area contributed by atoms with Crippen molar-refractivity contribution >= 4 is 16.0 Å². The zero-order valence-corrected chi connectivity index (χ0v) is 11.1. The van der Waals surface area contributed by atoms with Crippen LogP contribution in [0.2, 0.25) is 0 Å². The Labute approximate surface area is 97.3 Å². The molecule has 6 heteroatoms. The highest BCUT2D eigenvalue weighted by atomic mass is 32.2. The maximum absolute atomic E-state index is 11.6. The van der Waals surface area contributed by atoms with Gasteiger partial charge in [0.25, 0.3) is 0 Å². The lowest BCUT2D eigenvalue weighted by Crippen LogP contribution is -2.45. The first-order chi connectivity index (χ1) is 7.04. The van der Waals surface area contributed by atoms with Gasteiger partial charge in [-0.2, -0.15) is 0 Å². The van der Waals surface area contributed by atoms with Crippen LogP contribution in [0.5, 0.6) is 0 Å². The minimum Gasteiger partial charge on any atom is -0.481 e. The van der Waals surface area contributed by atoms with Gasteiger partial charge in [-0.1, -0.05) is 13.8 Å². The molecule has 5 nitrogen and oxygen atoms in total. The van der Waals surface area contributed by atoms with Gasteiger partial charge < -0.3 is 5.11 Å². The second-order valence-corrected chi connectivity index (χ2v) is 6.82. The minimum atomic E-state index is -3.33. The molecule has 0 unspecified atom stereocenters. The van der Waals surface area contributed by atoms with Crippen LogP contribution in [0.1, 0.15) is 40.5 Å². The number of sulfonamides is 1. The van der Waals surface area contributed by atoms with E-state index in [1.807, 2.05) is 13.8 Å². The van der Waals surface area contributed by atoms with Crippen LogP contribution in [0.15, 0.2) is 0 Å². The summed E-state index contributed by atoms with van der Waals surface area (Å²) in [6.07, 6.45) is 0.233. The van der Waals surface area contributed by atoms with Crippen molar-refractivity contribution < 1.29 is 18.3 Å². The number of rotatable bonds is 7. The lowest BCUT2D eigenvalue weighted by Gasteiger charge is -2.25. The van der Waals surface area contributed by atoms with Crippen molar-refractivity contribution in [1.82, 2.24) is 4.72 Å². The van der Waals surface area contributed by atoms with E-state index >= 15 is 0 Å². The number of carbonyl (C=O) groups is 1. The SMILES string of the molecule is CC(C)CS(=O)(=O)NC(C)(C)CCC(=O)O. The minimum absolute atomic E-state index is 0.0444. The Morgan fingerprint density at radius 2 is 1.88 bits per heavy atom. The zero-order chi connectivity index (χ0) is 13.0. The summed E-state index contributed by atoms with van der Waals surface area (Å²) in [6.45, 7) is 7.02. The Hall–Kier alpha value is -0.620. The first-order valence-corrected chi connectivity index (χ1v) is 6.93. The van der Waals surface area contributed by atoms with Crippen LogP contribution < -0.4 is 4.72 Å². The summed E-state index contributed by atoms with van der Waals surface area (Å²) in [5, 5.41) is 8.54. The van der Waals surface area contributed by atoms with E-state index in [9.17, 15) is 13.2 Å². The van der Waals surface area contributed by atoms with E-state index in [1.54, 1.807) is 13.8 Å². The van der Waals surface area contributed by atoms with E-state index in [0.717, 1.165) is 0 Å². The van der Waals surface area contributed by atoms with Crippen LogP contribution in [-0.2, 0) is 14.8 Å². The number of hydrogen-bond donors (Lipinski definition) is 2. The summed E-state index contributed by atoms with van der Waals surface area (Å²) in [4.78, 5) is 10.4. The molecule has 0 radical (unpaired) electrons. The normalized spacial score (nSPS) is 13.1. The van der Waals surface area contributed by atoms with Crippen molar-refractivity contribution in [2.24, 2.45) is 5.92 Å². The average molecular weight is 251 g/mol. The lowest BCUT2D eigenvalue weighted by atomic mass is 10.0. The molecule has 96 valence electrons. The summed E-state index contributed by atoms with van der Waals surface area (Å²) in [5.74, 6) is -0.812. The van der Waals surface area contributed by atoms with Crippen LogP contribution in [0.25, 0.3) is 0 Å². The molecule has 0 aliphatic heterocycles. The van der Waals surface area contributed by atoms with Crippen LogP contribution in [-0.4, -0.2) is 30.8 Å². The Morgan fingerprint density at radius 3 is 2.25 bits per heavy atom. The Balaban J connectivity index is 4.39. The number of aliphatic carboxylic acids is 1. The van der Waals surface area contributed by atoms with Gasteiger partial charge in [0.05, 0.1) is 5.75 Å². The Kier molecular flexibility index (Phi) is 5.41. The first kappa shape index (κ1) is 15.4. The molecular weight excluding hydrogens is 230 g/mol. The highest BCUT2D eigenvalue weighted by Crippen LogP contribution is 2.13. The summed E-state index contributed by atoms with van der Waals surface area (Å²) >= 11 is 0. The van der Waals surface area contributed by atoms with Gasteiger partial charge in [-0.3, -0.25) is 4.79 Å². The molecule has 2 N–H and O–H groups in total. The van der Waals surface area contributed by atoms with Crippen LogP contribution >= 0.6 is 0 Å². The van der Waals surface area contributed by atoms with Crippen molar-refractivity contribution in [3.05, 3.63) is 0 Å². The average Bonchev–Trinajstić information content (AvgIpc) is 1.95. The van der Waals surface area contributed by atoms with Crippen molar-refractivity contribution in [3.63, 3.8) is 0 Å². The van der Waals surface area contributed by atoms with Gasteiger partial charge in [-0.25, -0.2) is 13.1 Å². The fourth-order valence-corrected chi connectivity index (χ4v) is 3.28. The topological polar surface area (TPSA) is 83.5 Å². The molecule has 0 saturated heterocycles. The fraction of sp³-hybridized carbons (Fsp3) is 0.900. The van der Waals surface area contributed by atoms with Gasteiger partial charge in [0.15, 0.2) is 0 Å². The molecule has 16 heavy (non-hydrogen) atoms. The monoisotopic (exact) mass is 251 g/mol. The second-order valence-electron chi connectivity index (χ2n) is 5.05. The quantitative estimate of drug-likeness (QED) is 0.712. The van der Waals surface area contributed by atoms with Gasteiger partial charge in [0, 0.05) is 12.0 Å². The summed E-state index contributed by atoms with van der Waals surface area (Å²) < 4.78 is 25.8. The summed E-state index contributed by atoms with van der Waals surface area (Å²) in [5.41, 5.74) is -0.716.